The maximum absolute atomic E-state index is 13.2. The summed E-state index contributed by atoms with van der Waals surface area (Å²) in [6, 6.07) is 11.3. The van der Waals surface area contributed by atoms with Crippen LogP contribution in [0.4, 0.5) is 5.69 Å². The minimum absolute atomic E-state index is 0.320. The third kappa shape index (κ3) is 5.12. The molecule has 0 bridgehead atoms. The Morgan fingerprint density at radius 3 is 2.45 bits per heavy atom. The lowest BCUT2D eigenvalue weighted by atomic mass is 9.89. The van der Waals surface area contributed by atoms with Gasteiger partial charge in [0.2, 0.25) is 15.9 Å². The number of methoxy groups -OCH3 is 1. The zero-order valence-corrected chi connectivity index (χ0v) is 19.6. The van der Waals surface area contributed by atoms with Crippen molar-refractivity contribution in [3.63, 3.8) is 0 Å². The van der Waals surface area contributed by atoms with Crippen LogP contribution in [0.5, 0.6) is 11.5 Å². The van der Waals surface area contributed by atoms with Gasteiger partial charge in [-0.3, -0.25) is 9.10 Å². The van der Waals surface area contributed by atoms with Crippen LogP contribution in [0.25, 0.3) is 0 Å². The number of benzene rings is 2. The molecule has 168 valence electrons. The molecule has 0 unspecified atom stereocenters. The van der Waals surface area contributed by atoms with Gasteiger partial charge in [-0.05, 0) is 52.0 Å². The molecule has 0 radical (unpaired) electrons. The second-order valence-electron chi connectivity index (χ2n) is 8.60. The van der Waals surface area contributed by atoms with Gasteiger partial charge in [0.1, 0.15) is 23.1 Å². The van der Waals surface area contributed by atoms with Crippen LogP contribution in [0.3, 0.4) is 0 Å². The number of ether oxygens (including phenoxy) is 2. The average Bonchev–Trinajstić information content (AvgIpc) is 2.67. The Morgan fingerprint density at radius 2 is 1.87 bits per heavy atom. The fourth-order valence-electron chi connectivity index (χ4n) is 3.88. The molecule has 31 heavy (non-hydrogen) atoms. The molecule has 2 aromatic carbocycles. The number of fused-ring (bicyclic) bond motifs is 1. The molecule has 0 saturated carbocycles. The van der Waals surface area contributed by atoms with Crippen LogP contribution in [0, 0.1) is 6.92 Å². The molecule has 2 atom stereocenters. The highest BCUT2D eigenvalue weighted by atomic mass is 32.2. The Balaban J connectivity index is 1.89. The zero-order chi connectivity index (χ0) is 23.0. The predicted octanol–water partition coefficient (Wildman–Crippen LogP) is 3.58. The molecular weight excluding hydrogens is 416 g/mol. The highest BCUT2D eigenvalue weighted by Crippen LogP contribution is 2.41. The van der Waals surface area contributed by atoms with E-state index in [-0.39, 0.29) is 11.9 Å². The van der Waals surface area contributed by atoms with E-state index in [1.165, 1.54) is 0 Å². The monoisotopic (exact) mass is 446 g/mol. The van der Waals surface area contributed by atoms with Crippen molar-refractivity contribution in [1.82, 2.24) is 5.32 Å². The number of carbonyl (C=O) groups is 1. The first-order valence-corrected chi connectivity index (χ1v) is 12.0. The smallest absolute Gasteiger partial charge is 0.244 e. The summed E-state index contributed by atoms with van der Waals surface area (Å²) >= 11 is 0. The highest BCUT2D eigenvalue weighted by Gasteiger charge is 2.37. The number of aryl methyl sites for hydroxylation is 1. The molecule has 1 N–H and O–H groups in total. The molecule has 0 aliphatic carbocycles. The van der Waals surface area contributed by atoms with Crippen molar-refractivity contribution in [3.8, 4) is 11.5 Å². The quantitative estimate of drug-likeness (QED) is 0.733. The number of rotatable bonds is 6. The van der Waals surface area contributed by atoms with E-state index in [0.29, 0.717) is 23.6 Å². The normalized spacial score (nSPS) is 18.3. The van der Waals surface area contributed by atoms with E-state index >= 15 is 0 Å². The van der Waals surface area contributed by atoms with E-state index < -0.39 is 21.7 Å². The van der Waals surface area contributed by atoms with Gasteiger partial charge in [0.25, 0.3) is 0 Å². The van der Waals surface area contributed by atoms with Crippen LogP contribution in [-0.4, -0.2) is 39.3 Å². The number of sulfonamides is 1. The third-order valence-corrected chi connectivity index (χ3v) is 6.61. The van der Waals surface area contributed by atoms with E-state index in [2.05, 4.69) is 5.32 Å². The average molecular weight is 447 g/mol. The van der Waals surface area contributed by atoms with Crippen molar-refractivity contribution in [2.45, 2.75) is 51.8 Å². The number of hydrogen-bond acceptors (Lipinski definition) is 5. The van der Waals surface area contributed by atoms with Gasteiger partial charge < -0.3 is 14.8 Å². The maximum atomic E-state index is 13.2. The number of nitrogens with zero attached hydrogens (tertiary/aromatic N) is 1. The predicted molar refractivity (Wildman–Crippen MR) is 121 cm³/mol. The van der Waals surface area contributed by atoms with Gasteiger partial charge in [-0.15, -0.1) is 0 Å². The minimum atomic E-state index is -3.68. The van der Waals surface area contributed by atoms with Crippen LogP contribution in [0.2, 0.25) is 0 Å². The SMILES string of the molecule is COc1ccc2c(c1)OC(C)(C)C[C@H]2NC(=O)[C@@H](C)N(c1ccc(C)cc1)S(C)(=O)=O. The molecule has 7 nitrogen and oxygen atoms in total. The number of amides is 1. The summed E-state index contributed by atoms with van der Waals surface area (Å²) < 4.78 is 37.6. The van der Waals surface area contributed by atoms with Crippen molar-refractivity contribution in [2.75, 3.05) is 17.7 Å². The lowest BCUT2D eigenvalue weighted by molar-refractivity contribution is -0.123. The first kappa shape index (κ1) is 22.9. The summed E-state index contributed by atoms with van der Waals surface area (Å²) in [4.78, 5) is 13.2. The molecule has 0 spiro atoms. The second kappa shape index (κ2) is 8.42. The van der Waals surface area contributed by atoms with Gasteiger partial charge in [0, 0.05) is 18.1 Å². The molecule has 0 aromatic heterocycles. The Morgan fingerprint density at radius 1 is 1.23 bits per heavy atom. The van der Waals surface area contributed by atoms with Gasteiger partial charge in [0.15, 0.2) is 0 Å². The van der Waals surface area contributed by atoms with E-state index in [9.17, 15) is 13.2 Å². The molecule has 0 fully saturated rings. The molecule has 1 amide bonds. The van der Waals surface area contributed by atoms with Crippen molar-refractivity contribution in [1.29, 1.82) is 0 Å². The fourth-order valence-corrected chi connectivity index (χ4v) is 5.06. The molecule has 1 heterocycles. The van der Waals surface area contributed by atoms with Gasteiger partial charge in [0.05, 0.1) is 25.1 Å². The van der Waals surface area contributed by atoms with Crippen LogP contribution < -0.4 is 19.1 Å². The van der Waals surface area contributed by atoms with Crippen molar-refractivity contribution >= 4 is 21.6 Å². The lowest BCUT2D eigenvalue weighted by Gasteiger charge is -2.39. The minimum Gasteiger partial charge on any atom is -0.497 e. The first-order chi connectivity index (χ1) is 14.4. The van der Waals surface area contributed by atoms with Crippen LogP contribution in [0.1, 0.15) is 44.4 Å². The maximum Gasteiger partial charge on any atom is 0.244 e. The molecule has 2 aromatic rings. The summed E-state index contributed by atoms with van der Waals surface area (Å²) in [5.41, 5.74) is 1.79. The molecule has 1 aliphatic rings. The number of hydrogen-bond donors (Lipinski definition) is 1. The molecule has 1 aliphatic heterocycles. The van der Waals surface area contributed by atoms with Crippen molar-refractivity contribution < 1.29 is 22.7 Å². The van der Waals surface area contributed by atoms with E-state index in [4.69, 9.17) is 9.47 Å². The van der Waals surface area contributed by atoms with Crippen LogP contribution in [0.15, 0.2) is 42.5 Å². The number of carbonyl (C=O) groups excluding carboxylic acids is 1. The largest absolute Gasteiger partial charge is 0.497 e. The van der Waals surface area contributed by atoms with Crippen LogP contribution in [-0.2, 0) is 14.8 Å². The summed E-state index contributed by atoms with van der Waals surface area (Å²) in [6.07, 6.45) is 1.66. The molecule has 3 rings (SSSR count). The summed E-state index contributed by atoms with van der Waals surface area (Å²) in [7, 11) is -2.09. The molecule has 8 heteroatoms. The zero-order valence-electron chi connectivity index (χ0n) is 18.8. The first-order valence-electron chi connectivity index (χ1n) is 10.1. The Kier molecular flexibility index (Phi) is 6.23. The molecular formula is C23H30N2O5S. The Hall–Kier alpha value is -2.74. The third-order valence-electron chi connectivity index (χ3n) is 5.37. The summed E-state index contributed by atoms with van der Waals surface area (Å²) in [5.74, 6) is 0.931. The Bertz CT molecular complexity index is 1060. The summed E-state index contributed by atoms with van der Waals surface area (Å²) in [5, 5.41) is 3.04. The van der Waals surface area contributed by atoms with Gasteiger partial charge >= 0.3 is 0 Å². The van der Waals surface area contributed by atoms with Crippen molar-refractivity contribution in [2.24, 2.45) is 0 Å². The molecule has 0 saturated heterocycles. The van der Waals surface area contributed by atoms with E-state index in [0.717, 1.165) is 21.7 Å². The van der Waals surface area contributed by atoms with Gasteiger partial charge in [-0.1, -0.05) is 17.7 Å². The standard InChI is InChI=1S/C23H30N2O5S/c1-15-7-9-17(10-8-15)25(31(6,27)28)16(2)22(26)24-20-14-23(3,4)30-21-13-18(29-5)11-12-19(20)21/h7-13,16,20H,14H2,1-6H3,(H,24,26)/t16-,20-/m1/s1. The van der Waals surface area contributed by atoms with Gasteiger partial charge in [-0.2, -0.15) is 0 Å². The summed E-state index contributed by atoms with van der Waals surface area (Å²) in [6.45, 7) is 7.42. The van der Waals surface area contributed by atoms with Gasteiger partial charge in [-0.25, -0.2) is 8.42 Å². The second-order valence-corrected chi connectivity index (χ2v) is 10.5. The Labute approximate surface area is 184 Å². The van der Waals surface area contributed by atoms with E-state index in [1.54, 1.807) is 32.2 Å². The topological polar surface area (TPSA) is 84.9 Å². The fraction of sp³-hybridized carbons (Fsp3) is 0.435. The number of anilines is 1. The highest BCUT2D eigenvalue weighted by molar-refractivity contribution is 7.92. The number of nitrogens with one attached hydrogen (secondary N) is 1. The van der Waals surface area contributed by atoms with Crippen molar-refractivity contribution in [3.05, 3.63) is 53.6 Å². The van der Waals surface area contributed by atoms with Crippen LogP contribution >= 0.6 is 0 Å². The lowest BCUT2D eigenvalue weighted by Crippen LogP contribution is -2.50. The van der Waals surface area contributed by atoms with E-state index in [1.807, 2.05) is 45.0 Å².